The number of rotatable bonds is 6. The SMILES string of the molecule is CCc1c(-c2ccc3c(c2)cc(CN2C[C@H]4CC(N(C)C)C[C@H]4C2)n3C)[nH]c(=O)c(C(=O)O)c1O.Cl. The van der Waals surface area contributed by atoms with E-state index >= 15 is 0 Å². The summed E-state index contributed by atoms with van der Waals surface area (Å²) in [7, 11) is 6.46. The summed E-state index contributed by atoms with van der Waals surface area (Å²) in [5, 5.41) is 20.9. The van der Waals surface area contributed by atoms with E-state index in [1.165, 1.54) is 18.5 Å². The Morgan fingerprint density at radius 2 is 1.83 bits per heavy atom. The summed E-state index contributed by atoms with van der Waals surface area (Å²) in [6, 6.07) is 8.85. The Morgan fingerprint density at radius 3 is 2.42 bits per heavy atom. The molecule has 194 valence electrons. The molecule has 1 saturated heterocycles. The molecule has 8 nitrogen and oxygen atoms in total. The van der Waals surface area contributed by atoms with Crippen LogP contribution in [-0.2, 0) is 20.0 Å². The van der Waals surface area contributed by atoms with Gasteiger partial charge in [0, 0.05) is 54.9 Å². The molecule has 3 aromatic rings. The third-order valence-corrected chi connectivity index (χ3v) is 8.21. The number of nitrogens with one attached hydrogen (secondary N) is 1. The molecule has 3 N–H and O–H groups in total. The second-order valence-electron chi connectivity index (χ2n) is 10.5. The molecule has 2 fully saturated rings. The van der Waals surface area contributed by atoms with Crippen molar-refractivity contribution >= 4 is 29.3 Å². The van der Waals surface area contributed by atoms with Gasteiger partial charge in [0.1, 0.15) is 5.75 Å². The lowest BCUT2D eigenvalue weighted by Crippen LogP contribution is -2.29. The number of fused-ring (bicyclic) bond motifs is 2. The van der Waals surface area contributed by atoms with Gasteiger partial charge in [0.05, 0.1) is 5.69 Å². The first-order valence-corrected chi connectivity index (χ1v) is 12.4. The zero-order valence-corrected chi connectivity index (χ0v) is 22.1. The second-order valence-corrected chi connectivity index (χ2v) is 10.5. The first kappa shape index (κ1) is 26.3. The Kier molecular flexibility index (Phi) is 7.23. The molecule has 0 spiro atoms. The average Bonchev–Trinajstić information content (AvgIpc) is 3.45. The van der Waals surface area contributed by atoms with E-state index in [1.54, 1.807) is 0 Å². The lowest BCUT2D eigenvalue weighted by molar-refractivity contribution is 0.0691. The molecule has 2 aliphatic rings. The van der Waals surface area contributed by atoms with Crippen LogP contribution in [0, 0.1) is 11.8 Å². The Hall–Kier alpha value is -2.81. The van der Waals surface area contributed by atoms with Gasteiger partial charge in [-0.15, -0.1) is 12.4 Å². The zero-order valence-electron chi connectivity index (χ0n) is 21.2. The van der Waals surface area contributed by atoms with Crippen molar-refractivity contribution in [2.45, 2.75) is 38.8 Å². The van der Waals surface area contributed by atoms with Crippen molar-refractivity contribution in [3.8, 4) is 17.0 Å². The van der Waals surface area contributed by atoms with Gasteiger partial charge in [-0.3, -0.25) is 9.69 Å². The van der Waals surface area contributed by atoms with Crippen LogP contribution in [0.15, 0.2) is 29.1 Å². The van der Waals surface area contributed by atoms with Crippen LogP contribution in [0.5, 0.6) is 5.75 Å². The van der Waals surface area contributed by atoms with Gasteiger partial charge in [0.25, 0.3) is 5.56 Å². The molecule has 1 unspecified atom stereocenters. The number of aromatic hydroxyl groups is 1. The van der Waals surface area contributed by atoms with Crippen molar-refractivity contribution in [1.29, 1.82) is 0 Å². The number of nitrogens with zero attached hydrogens (tertiary/aromatic N) is 3. The second kappa shape index (κ2) is 9.92. The third-order valence-electron chi connectivity index (χ3n) is 8.21. The minimum absolute atomic E-state index is 0. The molecule has 1 aromatic carbocycles. The number of aromatic carboxylic acids is 1. The van der Waals surface area contributed by atoms with Crippen molar-refractivity contribution in [3.63, 3.8) is 0 Å². The summed E-state index contributed by atoms with van der Waals surface area (Å²) in [5.41, 5.74) is 2.58. The van der Waals surface area contributed by atoms with E-state index in [0.717, 1.165) is 47.9 Å². The molecule has 5 rings (SSSR count). The zero-order chi connectivity index (χ0) is 25.0. The molecule has 3 atom stereocenters. The highest BCUT2D eigenvalue weighted by atomic mass is 35.5. The van der Waals surface area contributed by atoms with Crippen LogP contribution < -0.4 is 5.56 Å². The summed E-state index contributed by atoms with van der Waals surface area (Å²) in [6.45, 7) is 5.04. The van der Waals surface area contributed by atoms with Crippen molar-refractivity contribution in [3.05, 3.63) is 51.4 Å². The number of carboxylic acid groups (broad SMARTS) is 1. The Bertz CT molecular complexity index is 1350. The van der Waals surface area contributed by atoms with Gasteiger partial charge >= 0.3 is 5.97 Å². The fourth-order valence-corrected chi connectivity index (χ4v) is 6.28. The molecular formula is C27H35ClN4O4. The van der Waals surface area contributed by atoms with Gasteiger partial charge in [-0.25, -0.2) is 4.79 Å². The molecule has 1 aliphatic carbocycles. The number of halogens is 1. The van der Waals surface area contributed by atoms with Crippen molar-refractivity contribution in [1.82, 2.24) is 19.4 Å². The lowest BCUT2D eigenvalue weighted by Gasteiger charge is -2.23. The average molecular weight is 515 g/mol. The topological polar surface area (TPSA) is 102 Å². The Balaban J connectivity index is 0.00000304. The highest BCUT2D eigenvalue weighted by Gasteiger charge is 2.41. The van der Waals surface area contributed by atoms with Crippen LogP contribution in [0.2, 0.25) is 0 Å². The Labute approximate surface area is 216 Å². The maximum absolute atomic E-state index is 12.4. The summed E-state index contributed by atoms with van der Waals surface area (Å²) < 4.78 is 2.23. The van der Waals surface area contributed by atoms with E-state index in [4.69, 9.17) is 0 Å². The van der Waals surface area contributed by atoms with Gasteiger partial charge < -0.3 is 24.7 Å². The number of aromatic nitrogens is 2. The number of aryl methyl sites for hydroxylation is 1. The molecule has 0 amide bonds. The van der Waals surface area contributed by atoms with Crippen molar-refractivity contribution < 1.29 is 15.0 Å². The van der Waals surface area contributed by atoms with Gasteiger partial charge in [-0.2, -0.15) is 0 Å². The van der Waals surface area contributed by atoms with Crippen LogP contribution in [0.3, 0.4) is 0 Å². The molecule has 9 heteroatoms. The normalized spacial score (nSPS) is 21.8. The number of hydrogen-bond acceptors (Lipinski definition) is 5. The van der Waals surface area contributed by atoms with Crippen LogP contribution in [0.25, 0.3) is 22.2 Å². The number of hydrogen-bond donors (Lipinski definition) is 3. The van der Waals surface area contributed by atoms with E-state index in [-0.39, 0.29) is 12.4 Å². The van der Waals surface area contributed by atoms with E-state index < -0.39 is 22.8 Å². The third kappa shape index (κ3) is 4.42. The van der Waals surface area contributed by atoms with Gasteiger partial charge in [0.2, 0.25) is 0 Å². The van der Waals surface area contributed by atoms with Crippen LogP contribution in [0.4, 0.5) is 0 Å². The maximum atomic E-state index is 12.4. The van der Waals surface area contributed by atoms with Gasteiger partial charge in [-0.05, 0) is 69.0 Å². The first-order valence-electron chi connectivity index (χ1n) is 12.4. The number of H-pyrrole nitrogens is 1. The first-order chi connectivity index (χ1) is 16.7. The molecule has 3 heterocycles. The van der Waals surface area contributed by atoms with Crippen molar-refractivity contribution in [2.75, 3.05) is 27.2 Å². The molecule has 0 bridgehead atoms. The fourth-order valence-electron chi connectivity index (χ4n) is 6.28. The molecule has 1 saturated carbocycles. The number of pyridine rings is 1. The minimum Gasteiger partial charge on any atom is -0.506 e. The number of carboxylic acids is 1. The number of likely N-dealkylation sites (tertiary alicyclic amines) is 1. The van der Waals surface area contributed by atoms with E-state index in [0.29, 0.717) is 23.7 Å². The predicted octanol–water partition coefficient (Wildman–Crippen LogP) is 3.69. The predicted molar refractivity (Wildman–Crippen MR) is 143 cm³/mol. The number of carbonyl (C=O) groups is 1. The van der Waals surface area contributed by atoms with E-state index in [1.807, 2.05) is 25.1 Å². The van der Waals surface area contributed by atoms with Gasteiger partial charge in [-0.1, -0.05) is 13.0 Å². The Morgan fingerprint density at radius 1 is 1.17 bits per heavy atom. The molecule has 2 aromatic heterocycles. The number of benzene rings is 1. The van der Waals surface area contributed by atoms with Crippen LogP contribution >= 0.6 is 12.4 Å². The highest BCUT2D eigenvalue weighted by Crippen LogP contribution is 2.40. The van der Waals surface area contributed by atoms with Crippen LogP contribution in [-0.4, -0.2) is 68.8 Å². The quantitative estimate of drug-likeness (QED) is 0.463. The standard InChI is InChI=1S/C27H34N4O4.ClH/c1-5-21-24(28-26(33)23(25(21)32)27(34)35)15-6-7-22-16(8-15)9-20(30(22)4)14-31-12-17-10-19(29(2)3)11-18(17)13-31;/h6-9,17-19H,5,10-14H2,1-4H3,(H,34,35)(H2,28,32,33);1H/t17-,18+,19?;. The van der Waals surface area contributed by atoms with E-state index in [9.17, 15) is 19.8 Å². The summed E-state index contributed by atoms with van der Waals surface area (Å²) >= 11 is 0. The monoisotopic (exact) mass is 514 g/mol. The highest BCUT2D eigenvalue weighted by molar-refractivity contribution is 5.92. The number of aromatic amines is 1. The summed E-state index contributed by atoms with van der Waals surface area (Å²) in [6.07, 6.45) is 2.97. The smallest absolute Gasteiger partial charge is 0.345 e. The summed E-state index contributed by atoms with van der Waals surface area (Å²) in [5.74, 6) is -0.316. The largest absolute Gasteiger partial charge is 0.506 e. The molecular weight excluding hydrogens is 480 g/mol. The van der Waals surface area contributed by atoms with E-state index in [2.05, 4.69) is 46.6 Å². The maximum Gasteiger partial charge on any atom is 0.345 e. The van der Waals surface area contributed by atoms with Gasteiger partial charge in [0.15, 0.2) is 5.56 Å². The lowest BCUT2D eigenvalue weighted by atomic mass is 9.99. The van der Waals surface area contributed by atoms with Crippen LogP contribution in [0.1, 0.15) is 41.4 Å². The minimum atomic E-state index is -1.43. The molecule has 1 aliphatic heterocycles. The fraction of sp³-hybridized carbons (Fsp3) is 0.481. The summed E-state index contributed by atoms with van der Waals surface area (Å²) in [4.78, 5) is 31.5. The molecule has 0 radical (unpaired) electrons. The van der Waals surface area contributed by atoms with Crippen molar-refractivity contribution in [2.24, 2.45) is 18.9 Å². The molecule has 36 heavy (non-hydrogen) atoms.